The third kappa shape index (κ3) is 3.02. The summed E-state index contributed by atoms with van der Waals surface area (Å²) in [6, 6.07) is 7.36. The molecule has 0 aliphatic carbocycles. The van der Waals surface area contributed by atoms with Crippen LogP contribution in [-0.2, 0) is 11.2 Å². The minimum absolute atomic E-state index is 0.323. The molecule has 1 heterocycles. The lowest BCUT2D eigenvalue weighted by atomic mass is 10.1. The van der Waals surface area contributed by atoms with Crippen molar-refractivity contribution in [2.24, 2.45) is 0 Å². The second kappa shape index (κ2) is 6.57. The maximum atomic E-state index is 11.9. The van der Waals surface area contributed by atoms with Crippen LogP contribution in [0.15, 0.2) is 30.5 Å². The first kappa shape index (κ1) is 14.6. The molecule has 0 aliphatic heterocycles. The molecule has 0 fully saturated rings. The zero-order chi connectivity index (χ0) is 14.5. The molecule has 0 saturated carbocycles. The van der Waals surface area contributed by atoms with Gasteiger partial charge >= 0.3 is 5.97 Å². The van der Waals surface area contributed by atoms with E-state index in [2.05, 4.69) is 12.0 Å². The smallest absolute Gasteiger partial charge is 0.341 e. The lowest BCUT2D eigenvalue weighted by Crippen LogP contribution is -2.09. The van der Waals surface area contributed by atoms with Gasteiger partial charge in [0.2, 0.25) is 0 Å². The topological polar surface area (TPSA) is 44.1 Å². The van der Waals surface area contributed by atoms with Crippen molar-refractivity contribution < 1.29 is 9.53 Å². The van der Waals surface area contributed by atoms with Crippen molar-refractivity contribution in [2.75, 3.05) is 6.61 Å². The van der Waals surface area contributed by atoms with E-state index in [1.807, 2.05) is 12.1 Å². The van der Waals surface area contributed by atoms with Crippen LogP contribution in [0.3, 0.4) is 0 Å². The Morgan fingerprint density at radius 2 is 2.00 bits per heavy atom. The third-order valence-electron chi connectivity index (χ3n) is 2.92. The molecule has 0 bridgehead atoms. The minimum Gasteiger partial charge on any atom is -0.462 e. The van der Waals surface area contributed by atoms with E-state index in [0.29, 0.717) is 17.2 Å². The second-order valence-electron chi connectivity index (χ2n) is 4.36. The van der Waals surface area contributed by atoms with Gasteiger partial charge < -0.3 is 4.74 Å². The van der Waals surface area contributed by atoms with E-state index in [1.165, 1.54) is 0 Å². The summed E-state index contributed by atoms with van der Waals surface area (Å²) in [5, 5.41) is 4.98. The number of benzene rings is 1. The fourth-order valence-corrected chi connectivity index (χ4v) is 2.16. The van der Waals surface area contributed by atoms with Gasteiger partial charge in [-0.25, -0.2) is 9.48 Å². The number of aromatic nitrogens is 2. The van der Waals surface area contributed by atoms with Gasteiger partial charge in [-0.1, -0.05) is 24.9 Å². The molecule has 0 spiro atoms. The Morgan fingerprint density at radius 3 is 2.60 bits per heavy atom. The van der Waals surface area contributed by atoms with E-state index < -0.39 is 0 Å². The molecule has 0 saturated heterocycles. The monoisotopic (exact) mass is 292 g/mol. The highest BCUT2D eigenvalue weighted by Crippen LogP contribution is 2.19. The molecule has 106 valence electrons. The molecular weight excluding hydrogens is 276 g/mol. The Balaban J connectivity index is 2.43. The number of rotatable bonds is 5. The number of carbonyl (C=O) groups excluding carboxylic acids is 1. The Morgan fingerprint density at radius 1 is 1.30 bits per heavy atom. The van der Waals surface area contributed by atoms with Gasteiger partial charge in [0, 0.05) is 5.02 Å². The molecule has 20 heavy (non-hydrogen) atoms. The molecule has 0 radical (unpaired) electrons. The molecule has 0 aliphatic rings. The number of hydrogen-bond donors (Lipinski definition) is 0. The Bertz CT molecular complexity index is 590. The van der Waals surface area contributed by atoms with Gasteiger partial charge in [-0.3, -0.25) is 0 Å². The fourth-order valence-electron chi connectivity index (χ4n) is 2.04. The van der Waals surface area contributed by atoms with E-state index in [0.717, 1.165) is 24.2 Å². The highest BCUT2D eigenvalue weighted by Gasteiger charge is 2.18. The van der Waals surface area contributed by atoms with E-state index in [4.69, 9.17) is 16.3 Å². The van der Waals surface area contributed by atoms with Crippen LogP contribution < -0.4 is 0 Å². The quantitative estimate of drug-likeness (QED) is 0.790. The first-order valence-electron chi connectivity index (χ1n) is 6.67. The second-order valence-corrected chi connectivity index (χ2v) is 4.80. The number of nitrogens with zero attached hydrogens (tertiary/aromatic N) is 2. The van der Waals surface area contributed by atoms with Crippen LogP contribution >= 0.6 is 11.6 Å². The van der Waals surface area contributed by atoms with Crippen molar-refractivity contribution in [1.82, 2.24) is 9.78 Å². The lowest BCUT2D eigenvalue weighted by Gasteiger charge is -2.08. The summed E-state index contributed by atoms with van der Waals surface area (Å²) in [5.74, 6) is -0.323. The zero-order valence-electron chi connectivity index (χ0n) is 11.6. The SMILES string of the molecule is CCCc1c(C(=O)OCC)cnn1-c1ccc(Cl)cc1. The summed E-state index contributed by atoms with van der Waals surface area (Å²) in [4.78, 5) is 11.9. The molecule has 0 amide bonds. The van der Waals surface area contributed by atoms with Crippen molar-refractivity contribution in [1.29, 1.82) is 0 Å². The molecule has 0 unspecified atom stereocenters. The van der Waals surface area contributed by atoms with Crippen LogP contribution in [-0.4, -0.2) is 22.4 Å². The van der Waals surface area contributed by atoms with Crippen molar-refractivity contribution in [3.63, 3.8) is 0 Å². The third-order valence-corrected chi connectivity index (χ3v) is 3.17. The van der Waals surface area contributed by atoms with Crippen LogP contribution in [0.5, 0.6) is 0 Å². The van der Waals surface area contributed by atoms with Gasteiger partial charge in [-0.15, -0.1) is 0 Å². The fraction of sp³-hybridized carbons (Fsp3) is 0.333. The normalized spacial score (nSPS) is 10.6. The van der Waals surface area contributed by atoms with Crippen LogP contribution in [0, 0.1) is 0 Å². The first-order valence-corrected chi connectivity index (χ1v) is 7.05. The Kier molecular flexibility index (Phi) is 4.79. The molecule has 4 nitrogen and oxygen atoms in total. The van der Waals surface area contributed by atoms with E-state index in [-0.39, 0.29) is 5.97 Å². The Labute approximate surface area is 123 Å². The molecule has 1 aromatic heterocycles. The van der Waals surface area contributed by atoms with Gasteiger partial charge in [-0.05, 0) is 37.6 Å². The predicted octanol–water partition coefficient (Wildman–Crippen LogP) is 3.65. The van der Waals surface area contributed by atoms with Gasteiger partial charge in [0.25, 0.3) is 0 Å². The van der Waals surface area contributed by atoms with Crippen LogP contribution in [0.2, 0.25) is 5.02 Å². The lowest BCUT2D eigenvalue weighted by molar-refractivity contribution is 0.0525. The number of halogens is 1. The van der Waals surface area contributed by atoms with Crippen molar-refractivity contribution in [3.05, 3.63) is 46.7 Å². The van der Waals surface area contributed by atoms with Crippen LogP contribution in [0.25, 0.3) is 5.69 Å². The average Bonchev–Trinajstić information content (AvgIpc) is 2.84. The molecule has 5 heteroatoms. The average molecular weight is 293 g/mol. The van der Waals surface area contributed by atoms with E-state index in [9.17, 15) is 4.79 Å². The molecular formula is C15H17ClN2O2. The maximum Gasteiger partial charge on any atom is 0.341 e. The van der Waals surface area contributed by atoms with Crippen LogP contribution in [0.4, 0.5) is 0 Å². The summed E-state index contributed by atoms with van der Waals surface area (Å²) < 4.78 is 6.84. The maximum absolute atomic E-state index is 11.9. The van der Waals surface area contributed by atoms with Gasteiger partial charge in [0.15, 0.2) is 0 Å². The highest BCUT2D eigenvalue weighted by atomic mass is 35.5. The highest BCUT2D eigenvalue weighted by molar-refractivity contribution is 6.30. The summed E-state index contributed by atoms with van der Waals surface area (Å²) in [7, 11) is 0. The minimum atomic E-state index is -0.323. The molecule has 2 rings (SSSR count). The molecule has 0 atom stereocenters. The zero-order valence-corrected chi connectivity index (χ0v) is 12.4. The standard InChI is InChI=1S/C15H17ClN2O2/c1-3-5-14-13(15(19)20-4-2)10-17-18(14)12-8-6-11(16)7-9-12/h6-10H,3-5H2,1-2H3. The first-order chi connectivity index (χ1) is 9.67. The summed E-state index contributed by atoms with van der Waals surface area (Å²) in [6.07, 6.45) is 3.25. The summed E-state index contributed by atoms with van der Waals surface area (Å²) in [5.41, 5.74) is 2.28. The van der Waals surface area contributed by atoms with Crippen molar-refractivity contribution in [2.45, 2.75) is 26.7 Å². The Hall–Kier alpha value is -1.81. The predicted molar refractivity (Wildman–Crippen MR) is 78.5 cm³/mol. The molecule has 0 N–H and O–H groups in total. The largest absolute Gasteiger partial charge is 0.462 e. The number of hydrogen-bond acceptors (Lipinski definition) is 3. The van der Waals surface area contributed by atoms with E-state index >= 15 is 0 Å². The van der Waals surface area contributed by atoms with Gasteiger partial charge in [-0.2, -0.15) is 5.10 Å². The number of ether oxygens (including phenoxy) is 1. The molecule has 2 aromatic rings. The number of esters is 1. The van der Waals surface area contributed by atoms with Crippen molar-refractivity contribution in [3.8, 4) is 5.69 Å². The summed E-state index contributed by atoms with van der Waals surface area (Å²) in [6.45, 7) is 4.21. The molecule has 1 aromatic carbocycles. The van der Waals surface area contributed by atoms with Gasteiger partial charge in [0.1, 0.15) is 5.56 Å². The summed E-state index contributed by atoms with van der Waals surface area (Å²) >= 11 is 5.89. The van der Waals surface area contributed by atoms with E-state index in [1.54, 1.807) is 29.9 Å². The number of carbonyl (C=O) groups is 1. The van der Waals surface area contributed by atoms with Crippen LogP contribution in [0.1, 0.15) is 36.3 Å². The van der Waals surface area contributed by atoms with Crippen molar-refractivity contribution >= 4 is 17.6 Å². The van der Waals surface area contributed by atoms with Gasteiger partial charge in [0.05, 0.1) is 24.2 Å².